The molecule has 5 nitrogen and oxygen atoms in total. The second-order valence-electron chi connectivity index (χ2n) is 6.37. The Morgan fingerprint density at radius 2 is 2.05 bits per heavy atom. The third-order valence-electron chi connectivity index (χ3n) is 4.28. The predicted octanol–water partition coefficient (Wildman–Crippen LogP) is 1.42. The fourth-order valence-corrected chi connectivity index (χ4v) is 2.71. The van der Waals surface area contributed by atoms with E-state index in [9.17, 15) is 9.59 Å². The highest BCUT2D eigenvalue weighted by Gasteiger charge is 2.41. The smallest absolute Gasteiger partial charge is 0.325 e. The summed E-state index contributed by atoms with van der Waals surface area (Å²) in [7, 11) is 1.35. The molecule has 1 aliphatic rings. The first-order chi connectivity index (χ1) is 9.30. The zero-order valence-electron chi connectivity index (χ0n) is 13.4. The van der Waals surface area contributed by atoms with Crippen LogP contribution in [0.1, 0.15) is 40.5 Å². The van der Waals surface area contributed by atoms with E-state index >= 15 is 0 Å². The van der Waals surface area contributed by atoms with E-state index in [1.165, 1.54) is 7.11 Å². The summed E-state index contributed by atoms with van der Waals surface area (Å²) in [6.45, 7) is 9.74. The molecule has 0 bridgehead atoms. The molecule has 0 aliphatic carbocycles. The largest absolute Gasteiger partial charge is 0.468 e. The van der Waals surface area contributed by atoms with Gasteiger partial charge >= 0.3 is 5.97 Å². The van der Waals surface area contributed by atoms with E-state index in [0.29, 0.717) is 5.92 Å². The first-order valence-electron chi connectivity index (χ1n) is 7.39. The van der Waals surface area contributed by atoms with E-state index in [1.54, 1.807) is 4.90 Å². The summed E-state index contributed by atoms with van der Waals surface area (Å²) in [4.78, 5) is 26.0. The van der Waals surface area contributed by atoms with Crippen LogP contribution >= 0.6 is 0 Å². The molecule has 5 heteroatoms. The van der Waals surface area contributed by atoms with Crippen molar-refractivity contribution < 1.29 is 14.3 Å². The highest BCUT2D eigenvalue weighted by Crippen LogP contribution is 2.34. The molecule has 1 unspecified atom stereocenters. The van der Waals surface area contributed by atoms with Crippen molar-refractivity contribution >= 4 is 11.9 Å². The Labute approximate surface area is 122 Å². The number of rotatable bonds is 5. The molecule has 1 atom stereocenters. The van der Waals surface area contributed by atoms with Crippen LogP contribution in [0.2, 0.25) is 0 Å². The molecule has 0 aromatic carbocycles. The van der Waals surface area contributed by atoms with Gasteiger partial charge in [0.25, 0.3) is 0 Å². The van der Waals surface area contributed by atoms with Crippen LogP contribution in [-0.4, -0.2) is 49.6 Å². The maximum Gasteiger partial charge on any atom is 0.325 e. The Bertz CT molecular complexity index is 347. The lowest BCUT2D eigenvalue weighted by Crippen LogP contribution is -2.52. The van der Waals surface area contributed by atoms with Gasteiger partial charge in [0, 0.05) is 11.5 Å². The summed E-state index contributed by atoms with van der Waals surface area (Å²) in [6, 6.07) is -0.0163. The van der Waals surface area contributed by atoms with Gasteiger partial charge in [0.05, 0.1) is 7.11 Å². The van der Waals surface area contributed by atoms with Gasteiger partial charge in [0.15, 0.2) is 0 Å². The standard InChI is InChI=1S/C15H28N2O3/c1-11(2)17(10-13(18)20-5)14(19)15(3,4)12-7-6-8-16-9-12/h11-12,16H,6-10H2,1-5H3. The van der Waals surface area contributed by atoms with E-state index in [4.69, 9.17) is 4.74 Å². The number of piperidine rings is 1. The Hall–Kier alpha value is -1.10. The Kier molecular flexibility index (Phi) is 5.99. The number of ether oxygens (including phenoxy) is 1. The molecular formula is C15H28N2O3. The van der Waals surface area contributed by atoms with Crippen LogP contribution in [0.4, 0.5) is 0 Å². The fourth-order valence-electron chi connectivity index (χ4n) is 2.71. The van der Waals surface area contributed by atoms with Gasteiger partial charge in [0.2, 0.25) is 5.91 Å². The minimum atomic E-state index is -0.467. The van der Waals surface area contributed by atoms with Gasteiger partial charge in [-0.25, -0.2) is 0 Å². The lowest BCUT2D eigenvalue weighted by molar-refractivity contribution is -0.154. The van der Waals surface area contributed by atoms with Gasteiger partial charge in [-0.15, -0.1) is 0 Å². The molecule has 1 heterocycles. The number of carbonyl (C=O) groups is 2. The van der Waals surface area contributed by atoms with Crippen molar-refractivity contribution in [3.05, 3.63) is 0 Å². The molecule has 1 rings (SSSR count). The third kappa shape index (κ3) is 3.95. The lowest BCUT2D eigenvalue weighted by Gasteiger charge is -2.40. The average molecular weight is 284 g/mol. The fraction of sp³-hybridized carbons (Fsp3) is 0.867. The summed E-state index contributed by atoms with van der Waals surface area (Å²) in [6.07, 6.45) is 2.15. The summed E-state index contributed by atoms with van der Waals surface area (Å²) < 4.78 is 4.69. The molecule has 0 spiro atoms. The van der Waals surface area contributed by atoms with E-state index in [0.717, 1.165) is 25.9 Å². The minimum absolute atomic E-state index is 0.0163. The van der Waals surface area contributed by atoms with Crippen LogP contribution in [0.5, 0.6) is 0 Å². The van der Waals surface area contributed by atoms with E-state index < -0.39 is 5.41 Å². The number of nitrogens with one attached hydrogen (secondary N) is 1. The van der Waals surface area contributed by atoms with Crippen LogP contribution in [0, 0.1) is 11.3 Å². The summed E-state index contributed by atoms with van der Waals surface area (Å²) >= 11 is 0. The van der Waals surface area contributed by atoms with E-state index in [2.05, 4.69) is 5.32 Å². The van der Waals surface area contributed by atoms with Crippen LogP contribution in [0.3, 0.4) is 0 Å². The maximum atomic E-state index is 12.8. The topological polar surface area (TPSA) is 58.6 Å². The van der Waals surface area contributed by atoms with E-state index in [-0.39, 0.29) is 24.5 Å². The zero-order chi connectivity index (χ0) is 15.3. The summed E-state index contributed by atoms with van der Waals surface area (Å²) in [5, 5.41) is 3.35. The monoisotopic (exact) mass is 284 g/mol. The molecule has 1 saturated heterocycles. The number of hydrogen-bond donors (Lipinski definition) is 1. The van der Waals surface area contributed by atoms with Crippen LogP contribution in [-0.2, 0) is 14.3 Å². The number of amides is 1. The van der Waals surface area contributed by atoms with E-state index in [1.807, 2.05) is 27.7 Å². The van der Waals surface area contributed by atoms with Crippen molar-refractivity contribution in [1.29, 1.82) is 0 Å². The third-order valence-corrected chi connectivity index (χ3v) is 4.28. The van der Waals surface area contributed by atoms with Crippen molar-refractivity contribution in [2.45, 2.75) is 46.6 Å². The molecule has 0 radical (unpaired) electrons. The molecule has 116 valence electrons. The second-order valence-corrected chi connectivity index (χ2v) is 6.37. The molecule has 0 saturated carbocycles. The van der Waals surface area contributed by atoms with Gasteiger partial charge in [0.1, 0.15) is 6.54 Å². The number of hydrogen-bond acceptors (Lipinski definition) is 4. The first kappa shape index (κ1) is 17.0. The highest BCUT2D eigenvalue weighted by molar-refractivity contribution is 5.86. The molecular weight excluding hydrogens is 256 g/mol. The van der Waals surface area contributed by atoms with Gasteiger partial charge in [-0.1, -0.05) is 13.8 Å². The van der Waals surface area contributed by atoms with Crippen molar-refractivity contribution in [3.63, 3.8) is 0 Å². The van der Waals surface area contributed by atoms with Crippen molar-refractivity contribution in [1.82, 2.24) is 10.2 Å². The van der Waals surface area contributed by atoms with Crippen LogP contribution in [0.25, 0.3) is 0 Å². The summed E-state index contributed by atoms with van der Waals surface area (Å²) in [5.74, 6) is -0.0288. The average Bonchev–Trinajstić information content (AvgIpc) is 2.44. The molecule has 0 aromatic rings. The predicted molar refractivity (Wildman–Crippen MR) is 78.2 cm³/mol. The number of nitrogens with zero attached hydrogens (tertiary/aromatic N) is 1. The molecule has 1 aliphatic heterocycles. The molecule has 1 amide bonds. The molecule has 1 fully saturated rings. The summed E-state index contributed by atoms with van der Waals surface area (Å²) in [5.41, 5.74) is -0.467. The Morgan fingerprint density at radius 1 is 1.40 bits per heavy atom. The molecule has 20 heavy (non-hydrogen) atoms. The second kappa shape index (κ2) is 7.07. The highest BCUT2D eigenvalue weighted by atomic mass is 16.5. The van der Waals surface area contributed by atoms with Crippen LogP contribution < -0.4 is 5.32 Å². The quantitative estimate of drug-likeness (QED) is 0.776. The number of methoxy groups -OCH3 is 1. The van der Waals surface area contributed by atoms with Gasteiger partial charge in [-0.05, 0) is 45.7 Å². The SMILES string of the molecule is COC(=O)CN(C(=O)C(C)(C)C1CCCNC1)C(C)C. The van der Waals surface area contributed by atoms with Gasteiger partial charge in [-0.2, -0.15) is 0 Å². The lowest BCUT2D eigenvalue weighted by atomic mass is 9.74. The number of carbonyl (C=O) groups excluding carboxylic acids is 2. The van der Waals surface area contributed by atoms with Crippen molar-refractivity contribution in [2.24, 2.45) is 11.3 Å². The normalized spacial score (nSPS) is 19.8. The number of esters is 1. The Balaban J connectivity index is 2.83. The Morgan fingerprint density at radius 3 is 2.50 bits per heavy atom. The van der Waals surface area contributed by atoms with Crippen molar-refractivity contribution in [3.8, 4) is 0 Å². The molecule has 0 aromatic heterocycles. The molecule has 1 N–H and O–H groups in total. The zero-order valence-corrected chi connectivity index (χ0v) is 13.4. The first-order valence-corrected chi connectivity index (χ1v) is 7.39. The maximum absolute atomic E-state index is 12.8. The van der Waals surface area contributed by atoms with Gasteiger partial charge < -0.3 is 15.0 Å². The van der Waals surface area contributed by atoms with Crippen molar-refractivity contribution in [2.75, 3.05) is 26.7 Å². The minimum Gasteiger partial charge on any atom is -0.468 e. The van der Waals surface area contributed by atoms with Crippen LogP contribution in [0.15, 0.2) is 0 Å². The van der Waals surface area contributed by atoms with Gasteiger partial charge in [-0.3, -0.25) is 9.59 Å².